The third-order valence-electron chi connectivity index (χ3n) is 4.21. The van der Waals surface area contributed by atoms with Crippen LogP contribution in [-0.4, -0.2) is 22.9 Å². The lowest BCUT2D eigenvalue weighted by atomic mass is 9.89. The van der Waals surface area contributed by atoms with Gasteiger partial charge in [-0.05, 0) is 24.6 Å². The molecule has 0 bridgehead atoms. The Morgan fingerprint density at radius 2 is 1.79 bits per heavy atom. The molecule has 1 atom stereocenters. The molecule has 150 valence electrons. The SMILES string of the molecule is CCc1oc(C(=O)NC(C)(C(N)=O)c2cccc(C(F)(F)F)c2)cc1C(=O)O. The molecule has 0 saturated heterocycles. The van der Waals surface area contributed by atoms with Gasteiger partial charge in [0.15, 0.2) is 5.76 Å². The molecular formula is C18H17F3N2O5. The largest absolute Gasteiger partial charge is 0.478 e. The van der Waals surface area contributed by atoms with Crippen LogP contribution in [0.3, 0.4) is 0 Å². The lowest BCUT2D eigenvalue weighted by Gasteiger charge is -2.28. The van der Waals surface area contributed by atoms with E-state index < -0.39 is 40.8 Å². The fraction of sp³-hybridized carbons (Fsp3) is 0.278. The van der Waals surface area contributed by atoms with E-state index in [0.717, 1.165) is 25.1 Å². The van der Waals surface area contributed by atoms with Gasteiger partial charge in [-0.25, -0.2) is 4.79 Å². The zero-order valence-electron chi connectivity index (χ0n) is 14.9. The number of carboxylic acid groups (broad SMARTS) is 1. The van der Waals surface area contributed by atoms with Crippen LogP contribution in [0.4, 0.5) is 13.2 Å². The van der Waals surface area contributed by atoms with E-state index in [-0.39, 0.29) is 23.3 Å². The molecule has 4 N–H and O–H groups in total. The highest BCUT2D eigenvalue weighted by molar-refractivity contribution is 5.99. The summed E-state index contributed by atoms with van der Waals surface area (Å²) < 4.78 is 44.1. The first-order valence-electron chi connectivity index (χ1n) is 8.06. The van der Waals surface area contributed by atoms with Gasteiger partial charge in [-0.3, -0.25) is 9.59 Å². The van der Waals surface area contributed by atoms with Crippen molar-refractivity contribution in [3.8, 4) is 0 Å². The van der Waals surface area contributed by atoms with Gasteiger partial charge in [0.1, 0.15) is 16.9 Å². The molecule has 0 aliphatic heterocycles. The normalized spacial score (nSPS) is 13.6. The van der Waals surface area contributed by atoms with Gasteiger partial charge < -0.3 is 20.6 Å². The Morgan fingerprint density at radius 3 is 2.25 bits per heavy atom. The fourth-order valence-electron chi connectivity index (χ4n) is 2.56. The molecule has 28 heavy (non-hydrogen) atoms. The number of aromatic carboxylic acids is 1. The van der Waals surface area contributed by atoms with Crippen molar-refractivity contribution in [1.29, 1.82) is 0 Å². The van der Waals surface area contributed by atoms with Crippen LogP contribution in [0.15, 0.2) is 34.7 Å². The van der Waals surface area contributed by atoms with E-state index in [1.807, 2.05) is 0 Å². The van der Waals surface area contributed by atoms with E-state index >= 15 is 0 Å². The number of carboxylic acids is 1. The topological polar surface area (TPSA) is 123 Å². The Bertz CT molecular complexity index is 936. The van der Waals surface area contributed by atoms with Gasteiger partial charge in [-0.1, -0.05) is 19.1 Å². The van der Waals surface area contributed by atoms with Crippen molar-refractivity contribution >= 4 is 17.8 Å². The summed E-state index contributed by atoms with van der Waals surface area (Å²) >= 11 is 0. The predicted molar refractivity (Wildman–Crippen MR) is 90.5 cm³/mol. The van der Waals surface area contributed by atoms with Crippen LogP contribution in [0, 0.1) is 0 Å². The summed E-state index contributed by atoms with van der Waals surface area (Å²) in [7, 11) is 0. The van der Waals surface area contributed by atoms with Gasteiger partial charge in [0.25, 0.3) is 5.91 Å². The number of benzene rings is 1. The van der Waals surface area contributed by atoms with Crippen molar-refractivity contribution in [2.75, 3.05) is 0 Å². The third-order valence-corrected chi connectivity index (χ3v) is 4.21. The van der Waals surface area contributed by atoms with E-state index in [2.05, 4.69) is 5.32 Å². The Labute approximate surface area is 157 Å². The number of hydrogen-bond donors (Lipinski definition) is 3. The minimum absolute atomic E-state index is 0.0393. The number of hydrogen-bond acceptors (Lipinski definition) is 4. The standard InChI is InChI=1S/C18H17F3N2O5/c1-3-12-11(15(25)26)8-13(28-12)14(24)23-17(2,16(22)27)9-5-4-6-10(7-9)18(19,20)21/h4-8H,3H2,1-2H3,(H2,22,27)(H,23,24)(H,25,26). The quantitative estimate of drug-likeness (QED) is 0.690. The molecule has 0 saturated carbocycles. The maximum absolute atomic E-state index is 13.0. The van der Waals surface area contributed by atoms with E-state index in [9.17, 15) is 27.6 Å². The second-order valence-corrected chi connectivity index (χ2v) is 6.13. The van der Waals surface area contributed by atoms with Crippen molar-refractivity contribution in [1.82, 2.24) is 5.32 Å². The summed E-state index contributed by atoms with van der Waals surface area (Å²) in [5, 5.41) is 11.4. The Balaban J connectivity index is 2.44. The van der Waals surface area contributed by atoms with Gasteiger partial charge in [0.2, 0.25) is 5.91 Å². The van der Waals surface area contributed by atoms with Gasteiger partial charge in [0.05, 0.1) is 5.56 Å². The number of alkyl halides is 3. The van der Waals surface area contributed by atoms with Crippen LogP contribution in [-0.2, 0) is 22.9 Å². The number of halogens is 3. The predicted octanol–water partition coefficient (Wildman–Crippen LogP) is 2.69. The molecule has 2 amide bonds. The average molecular weight is 398 g/mol. The molecular weight excluding hydrogens is 381 g/mol. The molecule has 1 unspecified atom stereocenters. The van der Waals surface area contributed by atoms with Crippen molar-refractivity contribution < 1.29 is 37.1 Å². The molecule has 7 nitrogen and oxygen atoms in total. The number of nitrogens with two attached hydrogens (primary N) is 1. The second kappa shape index (κ2) is 7.37. The van der Waals surface area contributed by atoms with Crippen LogP contribution in [0.1, 0.15) is 51.6 Å². The van der Waals surface area contributed by atoms with Crippen LogP contribution < -0.4 is 11.1 Å². The van der Waals surface area contributed by atoms with Crippen molar-refractivity contribution in [3.05, 3.63) is 58.5 Å². The summed E-state index contributed by atoms with van der Waals surface area (Å²) in [6, 6.07) is 4.78. The minimum Gasteiger partial charge on any atom is -0.478 e. The summed E-state index contributed by atoms with van der Waals surface area (Å²) in [5.41, 5.74) is 1.90. The molecule has 0 aliphatic carbocycles. The number of furan rings is 1. The summed E-state index contributed by atoms with van der Waals surface area (Å²) in [6.45, 7) is 2.76. The van der Waals surface area contributed by atoms with E-state index in [1.165, 1.54) is 6.07 Å². The number of primary amides is 1. The van der Waals surface area contributed by atoms with Crippen molar-refractivity contribution in [2.24, 2.45) is 5.73 Å². The van der Waals surface area contributed by atoms with Crippen molar-refractivity contribution in [2.45, 2.75) is 32.0 Å². The van der Waals surface area contributed by atoms with Crippen LogP contribution in [0.2, 0.25) is 0 Å². The molecule has 0 spiro atoms. The molecule has 1 heterocycles. The Hall–Kier alpha value is -3.30. The molecule has 0 radical (unpaired) electrons. The van der Waals surface area contributed by atoms with Crippen LogP contribution >= 0.6 is 0 Å². The summed E-state index contributed by atoms with van der Waals surface area (Å²) in [5.74, 6) is -3.79. The van der Waals surface area contributed by atoms with E-state index in [4.69, 9.17) is 15.3 Å². The highest BCUT2D eigenvalue weighted by atomic mass is 19.4. The molecule has 0 aliphatic rings. The average Bonchev–Trinajstić information content (AvgIpc) is 3.05. The third kappa shape index (κ3) is 4.00. The first-order chi connectivity index (χ1) is 12.9. The smallest absolute Gasteiger partial charge is 0.416 e. The zero-order chi connectivity index (χ0) is 21.3. The minimum atomic E-state index is -4.66. The zero-order valence-corrected chi connectivity index (χ0v) is 14.9. The first kappa shape index (κ1) is 21.0. The Kier molecular flexibility index (Phi) is 5.53. The molecule has 0 fully saturated rings. The lowest BCUT2D eigenvalue weighted by Crippen LogP contribution is -2.52. The number of amides is 2. The fourth-order valence-corrected chi connectivity index (χ4v) is 2.56. The molecule has 1 aromatic carbocycles. The number of aryl methyl sites for hydroxylation is 1. The number of carbonyl (C=O) groups excluding carboxylic acids is 2. The summed E-state index contributed by atoms with van der Waals surface area (Å²) in [6.07, 6.45) is -4.47. The molecule has 2 rings (SSSR count). The van der Waals surface area contributed by atoms with Crippen LogP contribution in [0.5, 0.6) is 0 Å². The van der Waals surface area contributed by atoms with Gasteiger partial charge in [-0.2, -0.15) is 13.2 Å². The monoisotopic (exact) mass is 398 g/mol. The first-order valence-corrected chi connectivity index (χ1v) is 8.06. The number of nitrogens with one attached hydrogen (secondary N) is 1. The van der Waals surface area contributed by atoms with E-state index in [1.54, 1.807) is 6.92 Å². The van der Waals surface area contributed by atoms with E-state index in [0.29, 0.717) is 6.07 Å². The maximum atomic E-state index is 13.0. The Morgan fingerprint density at radius 1 is 1.18 bits per heavy atom. The van der Waals surface area contributed by atoms with Gasteiger partial charge in [0, 0.05) is 12.5 Å². The van der Waals surface area contributed by atoms with Crippen LogP contribution in [0.25, 0.3) is 0 Å². The molecule has 10 heteroatoms. The highest BCUT2D eigenvalue weighted by Gasteiger charge is 2.39. The number of rotatable bonds is 6. The molecule has 1 aromatic heterocycles. The molecule has 2 aromatic rings. The lowest BCUT2D eigenvalue weighted by molar-refractivity contribution is -0.137. The second-order valence-electron chi connectivity index (χ2n) is 6.13. The number of carbonyl (C=O) groups is 3. The summed E-state index contributed by atoms with van der Waals surface area (Å²) in [4.78, 5) is 35.7. The van der Waals surface area contributed by atoms with Gasteiger partial charge in [-0.15, -0.1) is 0 Å². The van der Waals surface area contributed by atoms with Gasteiger partial charge >= 0.3 is 12.1 Å². The van der Waals surface area contributed by atoms with Crippen molar-refractivity contribution in [3.63, 3.8) is 0 Å². The maximum Gasteiger partial charge on any atom is 0.416 e. The highest BCUT2D eigenvalue weighted by Crippen LogP contribution is 2.32.